The maximum absolute atomic E-state index is 12.1. The number of carbonyl (C=O) groups is 1. The van der Waals surface area contributed by atoms with E-state index in [0.29, 0.717) is 22.2 Å². The van der Waals surface area contributed by atoms with Gasteiger partial charge in [0.1, 0.15) is 11.3 Å². The Hall–Kier alpha value is -2.31. The molecule has 1 aromatic carbocycles. The summed E-state index contributed by atoms with van der Waals surface area (Å²) in [6.07, 6.45) is 0.673. The van der Waals surface area contributed by atoms with Crippen molar-refractivity contribution in [3.63, 3.8) is 0 Å². The van der Waals surface area contributed by atoms with Gasteiger partial charge < -0.3 is 19.9 Å². The number of aryl methyl sites for hydroxylation is 3. The first-order chi connectivity index (χ1) is 13.2. The lowest BCUT2D eigenvalue weighted by Gasteiger charge is -2.25. The van der Waals surface area contributed by atoms with Gasteiger partial charge in [-0.25, -0.2) is 9.78 Å². The molecule has 0 spiro atoms. The minimum Gasteiger partial charge on any atom is -0.477 e. The number of benzene rings is 1. The highest BCUT2D eigenvalue weighted by atomic mass is 35.5. The van der Waals surface area contributed by atoms with Crippen LogP contribution in [-0.4, -0.2) is 35.3 Å². The summed E-state index contributed by atoms with van der Waals surface area (Å²) in [6, 6.07) is 5.19. The molecule has 2 N–H and O–H groups in total. The van der Waals surface area contributed by atoms with Crippen molar-refractivity contribution in [2.24, 2.45) is 0 Å². The van der Waals surface area contributed by atoms with Crippen LogP contribution < -0.4 is 10.1 Å². The highest BCUT2D eigenvalue weighted by Crippen LogP contribution is 2.35. The van der Waals surface area contributed by atoms with Gasteiger partial charge in [-0.1, -0.05) is 18.5 Å². The molecular formula is C21H27ClN2O4. The largest absolute Gasteiger partial charge is 0.477 e. The SMILES string of the molecule is CCC(Nc1cc(C)nc(Oc2c(C)cc(Cl)cc2C)c1C(=O)O)C(C)OC. The van der Waals surface area contributed by atoms with Crippen LogP contribution in [0.4, 0.5) is 5.69 Å². The first-order valence-electron chi connectivity index (χ1n) is 9.16. The predicted octanol–water partition coefficient (Wildman–Crippen LogP) is 5.38. The Balaban J connectivity index is 2.54. The highest BCUT2D eigenvalue weighted by molar-refractivity contribution is 6.30. The first-order valence-corrected chi connectivity index (χ1v) is 9.54. The number of carboxylic acid groups (broad SMARTS) is 1. The summed E-state index contributed by atoms with van der Waals surface area (Å²) in [4.78, 5) is 16.4. The van der Waals surface area contributed by atoms with Crippen molar-refractivity contribution in [3.8, 4) is 11.6 Å². The monoisotopic (exact) mass is 406 g/mol. The number of ether oxygens (including phenoxy) is 2. The molecule has 2 rings (SSSR count). The molecule has 0 saturated carbocycles. The third kappa shape index (κ3) is 4.94. The zero-order valence-electron chi connectivity index (χ0n) is 17.1. The molecule has 0 amide bonds. The number of nitrogens with zero attached hydrogens (tertiary/aromatic N) is 1. The molecule has 0 aliphatic rings. The summed E-state index contributed by atoms with van der Waals surface area (Å²) >= 11 is 6.09. The van der Waals surface area contributed by atoms with Crippen LogP contribution in [0.15, 0.2) is 18.2 Å². The van der Waals surface area contributed by atoms with Gasteiger partial charge in [-0.05, 0) is 63.4 Å². The van der Waals surface area contributed by atoms with Gasteiger partial charge in [0, 0.05) is 17.8 Å². The zero-order chi connectivity index (χ0) is 21.0. The molecule has 0 fully saturated rings. The normalized spacial score (nSPS) is 13.1. The Morgan fingerprint density at radius 1 is 1.25 bits per heavy atom. The molecule has 0 aliphatic carbocycles. The fourth-order valence-corrected chi connectivity index (χ4v) is 3.44. The van der Waals surface area contributed by atoms with Gasteiger partial charge in [-0.3, -0.25) is 0 Å². The van der Waals surface area contributed by atoms with Crippen molar-refractivity contribution in [1.82, 2.24) is 4.98 Å². The molecule has 2 unspecified atom stereocenters. The second-order valence-electron chi connectivity index (χ2n) is 6.87. The van der Waals surface area contributed by atoms with E-state index < -0.39 is 5.97 Å². The van der Waals surface area contributed by atoms with Crippen molar-refractivity contribution in [1.29, 1.82) is 0 Å². The van der Waals surface area contributed by atoms with Gasteiger partial charge in [0.15, 0.2) is 0 Å². The average Bonchev–Trinajstić information content (AvgIpc) is 2.61. The minimum atomic E-state index is -1.12. The summed E-state index contributed by atoms with van der Waals surface area (Å²) < 4.78 is 11.4. The fourth-order valence-electron chi connectivity index (χ4n) is 3.11. The third-order valence-electron chi connectivity index (χ3n) is 4.67. The average molecular weight is 407 g/mol. The van der Waals surface area contributed by atoms with Gasteiger partial charge >= 0.3 is 5.97 Å². The summed E-state index contributed by atoms with van der Waals surface area (Å²) in [6.45, 7) is 9.47. The van der Waals surface area contributed by atoms with E-state index >= 15 is 0 Å². The molecule has 0 saturated heterocycles. The molecule has 0 bridgehead atoms. The molecule has 152 valence electrons. The maximum atomic E-state index is 12.1. The lowest BCUT2D eigenvalue weighted by atomic mass is 10.1. The van der Waals surface area contributed by atoms with Crippen molar-refractivity contribution in [3.05, 3.63) is 45.6 Å². The minimum absolute atomic E-state index is 0.0129. The summed E-state index contributed by atoms with van der Waals surface area (Å²) in [7, 11) is 1.63. The van der Waals surface area contributed by atoms with Crippen molar-refractivity contribution in [2.75, 3.05) is 12.4 Å². The number of carboxylic acids is 1. The zero-order valence-corrected chi connectivity index (χ0v) is 17.8. The number of halogens is 1. The molecule has 2 atom stereocenters. The Bertz CT molecular complexity index is 847. The molecule has 1 aromatic heterocycles. The number of pyridine rings is 1. The van der Waals surface area contributed by atoms with E-state index in [1.54, 1.807) is 32.2 Å². The van der Waals surface area contributed by atoms with Crippen molar-refractivity contribution >= 4 is 23.3 Å². The van der Waals surface area contributed by atoms with E-state index in [2.05, 4.69) is 10.3 Å². The van der Waals surface area contributed by atoms with E-state index in [0.717, 1.165) is 17.5 Å². The van der Waals surface area contributed by atoms with Crippen LogP contribution in [0.25, 0.3) is 0 Å². The third-order valence-corrected chi connectivity index (χ3v) is 4.89. The molecular weight excluding hydrogens is 380 g/mol. The number of nitrogens with one attached hydrogen (secondary N) is 1. The van der Waals surface area contributed by atoms with E-state index in [4.69, 9.17) is 21.1 Å². The van der Waals surface area contributed by atoms with E-state index in [9.17, 15) is 9.90 Å². The van der Waals surface area contributed by atoms with Crippen LogP contribution in [0.5, 0.6) is 11.6 Å². The van der Waals surface area contributed by atoms with E-state index in [-0.39, 0.29) is 23.6 Å². The highest BCUT2D eigenvalue weighted by Gasteiger charge is 2.24. The van der Waals surface area contributed by atoms with E-state index in [1.165, 1.54) is 0 Å². The summed E-state index contributed by atoms with van der Waals surface area (Å²) in [5, 5.41) is 13.8. The second kappa shape index (κ2) is 9.26. The number of methoxy groups -OCH3 is 1. The number of anilines is 1. The van der Waals surface area contributed by atoms with Gasteiger partial charge in [0.2, 0.25) is 5.88 Å². The molecule has 7 heteroatoms. The Morgan fingerprint density at radius 3 is 2.36 bits per heavy atom. The maximum Gasteiger partial charge on any atom is 0.343 e. The van der Waals surface area contributed by atoms with Gasteiger partial charge in [-0.15, -0.1) is 0 Å². The molecule has 0 aliphatic heterocycles. The van der Waals surface area contributed by atoms with Gasteiger partial charge in [0.05, 0.1) is 17.8 Å². The number of rotatable bonds is 8. The molecule has 2 aromatic rings. The number of aromatic nitrogens is 1. The summed E-state index contributed by atoms with van der Waals surface area (Å²) in [5.41, 5.74) is 2.69. The quantitative estimate of drug-likeness (QED) is 0.612. The standard InChI is InChI=1S/C21H27ClN2O4/c1-7-16(14(5)27-6)24-17-10-13(4)23-20(18(17)21(25)26)28-19-11(2)8-15(22)9-12(19)3/h8-10,14,16H,7H2,1-6H3,(H,23,24)(H,25,26). The Morgan fingerprint density at radius 2 is 1.86 bits per heavy atom. The smallest absolute Gasteiger partial charge is 0.343 e. The van der Waals surface area contributed by atoms with Crippen LogP contribution >= 0.6 is 11.6 Å². The number of hydrogen-bond donors (Lipinski definition) is 2. The number of hydrogen-bond acceptors (Lipinski definition) is 5. The van der Waals surface area contributed by atoms with Gasteiger partial charge in [0.25, 0.3) is 0 Å². The Labute approximate surface area is 170 Å². The summed E-state index contributed by atoms with van der Waals surface area (Å²) in [5.74, 6) is -0.522. The molecule has 28 heavy (non-hydrogen) atoms. The van der Waals surface area contributed by atoms with Crippen LogP contribution in [-0.2, 0) is 4.74 Å². The van der Waals surface area contributed by atoms with Gasteiger partial charge in [-0.2, -0.15) is 0 Å². The fraction of sp³-hybridized carbons (Fsp3) is 0.429. The van der Waals surface area contributed by atoms with Crippen LogP contribution in [0.2, 0.25) is 5.02 Å². The lowest BCUT2D eigenvalue weighted by molar-refractivity contribution is 0.0693. The Kier molecular flexibility index (Phi) is 7.27. The second-order valence-corrected chi connectivity index (χ2v) is 7.30. The molecule has 6 nitrogen and oxygen atoms in total. The van der Waals surface area contributed by atoms with E-state index in [1.807, 2.05) is 27.7 Å². The topological polar surface area (TPSA) is 80.7 Å². The first kappa shape index (κ1) is 22.0. The van der Waals surface area contributed by atoms with Crippen LogP contribution in [0.3, 0.4) is 0 Å². The molecule has 1 heterocycles. The van der Waals surface area contributed by atoms with Crippen LogP contribution in [0, 0.1) is 20.8 Å². The lowest BCUT2D eigenvalue weighted by Crippen LogP contribution is -2.33. The van der Waals surface area contributed by atoms with Crippen molar-refractivity contribution < 1.29 is 19.4 Å². The number of aromatic carboxylic acids is 1. The van der Waals surface area contributed by atoms with Crippen molar-refractivity contribution in [2.45, 2.75) is 53.2 Å². The predicted molar refractivity (Wildman–Crippen MR) is 111 cm³/mol. The molecule has 0 radical (unpaired) electrons. The van der Waals surface area contributed by atoms with Crippen LogP contribution in [0.1, 0.15) is 47.4 Å².